The van der Waals surface area contributed by atoms with Gasteiger partial charge in [-0.2, -0.15) is 0 Å². The van der Waals surface area contributed by atoms with Gasteiger partial charge in [0.15, 0.2) is 12.3 Å². The number of nitrogens with two attached hydrogens (primary N) is 1. The summed E-state index contributed by atoms with van der Waals surface area (Å²) in [7, 11) is 0. The van der Waals surface area contributed by atoms with Crippen molar-refractivity contribution in [2.45, 2.75) is 13.0 Å². The van der Waals surface area contributed by atoms with Gasteiger partial charge in [0.25, 0.3) is 5.91 Å². The highest BCUT2D eigenvalue weighted by atomic mass is 32.1. The first-order valence-electron chi connectivity index (χ1n) is 8.46. The zero-order chi connectivity index (χ0) is 18.4. The number of rotatable bonds is 7. The maximum Gasteiger partial charge on any atom is 0.279 e. The molecule has 0 aliphatic carbocycles. The Labute approximate surface area is 156 Å². The number of nitrogens with one attached hydrogen (secondary N) is 1. The van der Waals surface area contributed by atoms with Gasteiger partial charge in [0.2, 0.25) is 0 Å². The van der Waals surface area contributed by atoms with Crippen LogP contribution in [0.25, 0.3) is 0 Å². The third kappa shape index (κ3) is 4.65. The van der Waals surface area contributed by atoms with Crippen molar-refractivity contribution in [3.8, 4) is 0 Å². The Morgan fingerprint density at radius 1 is 1.04 bits per heavy atom. The maximum absolute atomic E-state index is 12.4. The predicted octanol–water partition coefficient (Wildman–Crippen LogP) is 3.24. The Hall–Kier alpha value is -2.76. The fourth-order valence-corrected chi connectivity index (χ4v) is 3.65. The average Bonchev–Trinajstić information content (AvgIpc) is 3.17. The molecule has 1 atom stereocenters. The molecule has 1 heterocycles. The number of quaternary nitrogens is 1. The van der Waals surface area contributed by atoms with Gasteiger partial charge >= 0.3 is 0 Å². The van der Waals surface area contributed by atoms with Crippen LogP contribution >= 0.6 is 11.3 Å². The van der Waals surface area contributed by atoms with E-state index in [1.807, 2.05) is 35.0 Å². The number of carbonyl (C=O) groups is 2. The first-order valence-corrected chi connectivity index (χ1v) is 9.34. The van der Waals surface area contributed by atoms with Crippen molar-refractivity contribution in [3.63, 3.8) is 0 Å². The van der Waals surface area contributed by atoms with Crippen molar-refractivity contribution in [2.24, 2.45) is 0 Å². The summed E-state index contributed by atoms with van der Waals surface area (Å²) in [6.45, 7) is 1.81. The van der Waals surface area contributed by atoms with Gasteiger partial charge in [-0.1, -0.05) is 48.5 Å². The summed E-state index contributed by atoms with van der Waals surface area (Å²) in [5.41, 5.74) is 2.40. The lowest BCUT2D eigenvalue weighted by atomic mass is 10.1. The zero-order valence-electron chi connectivity index (χ0n) is 14.5. The molecule has 0 unspecified atom stereocenters. The van der Waals surface area contributed by atoms with Crippen molar-refractivity contribution in [1.29, 1.82) is 0 Å². The van der Waals surface area contributed by atoms with Crippen LogP contribution in [0, 0.1) is 0 Å². The molecule has 3 N–H and O–H groups in total. The number of carbonyl (C=O) groups excluding carboxylic acids is 2. The molecule has 5 heteroatoms. The number of amides is 1. The molecule has 26 heavy (non-hydrogen) atoms. The molecule has 1 aromatic heterocycles. The number of anilines is 1. The number of hydrogen-bond acceptors (Lipinski definition) is 3. The molecule has 0 spiro atoms. The molecule has 4 nitrogen and oxygen atoms in total. The van der Waals surface area contributed by atoms with Crippen LogP contribution in [0.5, 0.6) is 0 Å². The van der Waals surface area contributed by atoms with Crippen LogP contribution in [-0.4, -0.2) is 18.2 Å². The molecule has 3 aromatic rings. The van der Waals surface area contributed by atoms with Crippen LogP contribution in [0.15, 0.2) is 72.1 Å². The number of thiophene rings is 1. The van der Waals surface area contributed by atoms with Crippen molar-refractivity contribution in [1.82, 2.24) is 0 Å². The topological polar surface area (TPSA) is 62.8 Å². The third-order valence-corrected chi connectivity index (χ3v) is 5.06. The molecule has 0 fully saturated rings. The van der Waals surface area contributed by atoms with Gasteiger partial charge < -0.3 is 10.6 Å². The van der Waals surface area contributed by atoms with Gasteiger partial charge in [-0.15, -0.1) is 11.3 Å². The molecule has 0 aliphatic heterocycles. The van der Waals surface area contributed by atoms with Crippen molar-refractivity contribution < 1.29 is 14.9 Å². The van der Waals surface area contributed by atoms with Crippen molar-refractivity contribution >= 4 is 28.7 Å². The molecule has 0 saturated carbocycles. The molecule has 1 amide bonds. The zero-order valence-corrected chi connectivity index (χ0v) is 15.3. The SMILES string of the molecule is CC(=O)c1cccc(NC(=O)C[NH2+][C@H](c2ccccc2)c2cccs2)c1. The summed E-state index contributed by atoms with van der Waals surface area (Å²) in [4.78, 5) is 25.1. The van der Waals surface area contributed by atoms with Crippen LogP contribution in [-0.2, 0) is 4.79 Å². The summed E-state index contributed by atoms with van der Waals surface area (Å²) >= 11 is 1.69. The summed E-state index contributed by atoms with van der Waals surface area (Å²) in [5.74, 6) is -0.113. The van der Waals surface area contributed by atoms with E-state index < -0.39 is 0 Å². The molecular formula is C21H21N2O2S+. The second-order valence-electron chi connectivity index (χ2n) is 6.03. The maximum atomic E-state index is 12.4. The average molecular weight is 365 g/mol. The van der Waals surface area contributed by atoms with Gasteiger partial charge in [-0.25, -0.2) is 0 Å². The van der Waals surface area contributed by atoms with Gasteiger partial charge in [-0.05, 0) is 30.5 Å². The molecule has 0 aliphatic rings. The van der Waals surface area contributed by atoms with Crippen LogP contribution < -0.4 is 10.6 Å². The lowest BCUT2D eigenvalue weighted by Crippen LogP contribution is -2.87. The first kappa shape index (κ1) is 18.0. The second kappa shape index (κ2) is 8.56. The Bertz CT molecular complexity index is 876. The summed E-state index contributed by atoms with van der Waals surface area (Å²) in [5, 5.41) is 6.95. The fourth-order valence-electron chi connectivity index (χ4n) is 2.80. The van der Waals surface area contributed by atoms with Crippen LogP contribution in [0.1, 0.15) is 33.8 Å². The van der Waals surface area contributed by atoms with E-state index in [0.717, 1.165) is 0 Å². The molecule has 132 valence electrons. The fraction of sp³-hybridized carbons (Fsp3) is 0.143. The Morgan fingerprint density at radius 3 is 2.54 bits per heavy atom. The second-order valence-corrected chi connectivity index (χ2v) is 7.01. The lowest BCUT2D eigenvalue weighted by Gasteiger charge is -2.15. The lowest BCUT2D eigenvalue weighted by molar-refractivity contribution is -0.675. The molecule has 3 rings (SSSR count). The number of hydrogen-bond donors (Lipinski definition) is 2. The van der Waals surface area contributed by atoms with E-state index in [4.69, 9.17) is 0 Å². The predicted molar refractivity (Wildman–Crippen MR) is 104 cm³/mol. The van der Waals surface area contributed by atoms with Crippen LogP contribution in [0.3, 0.4) is 0 Å². The van der Waals surface area contributed by atoms with Gasteiger partial charge in [0.05, 0.1) is 4.88 Å². The van der Waals surface area contributed by atoms with Crippen LogP contribution in [0.4, 0.5) is 5.69 Å². The number of Topliss-reactive ketones (excluding diaryl/α,β-unsaturated/α-hetero) is 1. The van der Waals surface area contributed by atoms with E-state index >= 15 is 0 Å². The number of ketones is 1. The quantitative estimate of drug-likeness (QED) is 0.632. The van der Waals surface area contributed by atoms with Crippen LogP contribution in [0.2, 0.25) is 0 Å². The Morgan fingerprint density at radius 2 is 1.85 bits per heavy atom. The molecule has 0 saturated heterocycles. The highest BCUT2D eigenvalue weighted by Crippen LogP contribution is 2.22. The highest BCUT2D eigenvalue weighted by molar-refractivity contribution is 7.10. The van der Waals surface area contributed by atoms with E-state index in [1.54, 1.807) is 35.6 Å². The molecule has 0 radical (unpaired) electrons. The summed E-state index contributed by atoms with van der Waals surface area (Å²) in [6.07, 6.45) is 0. The largest absolute Gasteiger partial charge is 0.328 e. The number of benzene rings is 2. The normalized spacial score (nSPS) is 11.7. The van der Waals surface area contributed by atoms with Gasteiger partial charge in [0.1, 0.15) is 6.04 Å². The highest BCUT2D eigenvalue weighted by Gasteiger charge is 2.19. The van der Waals surface area contributed by atoms with E-state index in [-0.39, 0.29) is 17.7 Å². The van der Waals surface area contributed by atoms with Crippen molar-refractivity contribution in [2.75, 3.05) is 11.9 Å². The smallest absolute Gasteiger partial charge is 0.279 e. The Kier molecular flexibility index (Phi) is 5.94. The first-order chi connectivity index (χ1) is 12.6. The molecular weight excluding hydrogens is 344 g/mol. The Balaban J connectivity index is 1.67. The third-order valence-electron chi connectivity index (χ3n) is 4.10. The minimum atomic E-state index is -0.0943. The monoisotopic (exact) mass is 365 g/mol. The van der Waals surface area contributed by atoms with E-state index in [0.29, 0.717) is 17.8 Å². The molecule has 0 bridgehead atoms. The van der Waals surface area contributed by atoms with E-state index in [9.17, 15) is 9.59 Å². The minimum Gasteiger partial charge on any atom is -0.328 e. The summed E-state index contributed by atoms with van der Waals surface area (Å²) in [6, 6.07) is 21.4. The minimum absolute atomic E-state index is 0.0190. The molecule has 2 aromatic carbocycles. The van der Waals surface area contributed by atoms with E-state index in [2.05, 4.69) is 23.5 Å². The van der Waals surface area contributed by atoms with Gasteiger partial charge in [-0.3, -0.25) is 9.59 Å². The van der Waals surface area contributed by atoms with Gasteiger partial charge in [0, 0.05) is 16.8 Å². The standard InChI is InChI=1S/C21H20N2O2S/c1-15(24)17-9-5-10-18(13-17)23-20(25)14-22-21(19-11-6-12-26-19)16-7-3-2-4-8-16/h2-13,21-22H,14H2,1H3,(H,23,25)/p+1/t21-/m1/s1. The van der Waals surface area contributed by atoms with Crippen molar-refractivity contribution in [3.05, 3.63) is 88.1 Å². The van der Waals surface area contributed by atoms with E-state index in [1.165, 1.54) is 17.4 Å². The summed E-state index contributed by atoms with van der Waals surface area (Å²) < 4.78 is 0.